The van der Waals surface area contributed by atoms with Crippen LogP contribution in [0.1, 0.15) is 43.6 Å². The summed E-state index contributed by atoms with van der Waals surface area (Å²) in [6, 6.07) is 10.0. The summed E-state index contributed by atoms with van der Waals surface area (Å²) in [5, 5.41) is 10.3. The number of likely N-dealkylation sites (tertiary alicyclic amines) is 1. The molecule has 4 heterocycles. The molecule has 2 aliphatic rings. The highest BCUT2D eigenvalue weighted by atomic mass is 16.2. The number of aromatic nitrogens is 3. The monoisotopic (exact) mass is 505 g/mol. The van der Waals surface area contributed by atoms with E-state index in [2.05, 4.69) is 34.3 Å². The molecule has 2 N–H and O–H groups in total. The van der Waals surface area contributed by atoms with E-state index in [9.17, 15) is 19.2 Å². The number of rotatable bonds is 4. The number of H-pyrrole nitrogens is 1. The van der Waals surface area contributed by atoms with Crippen molar-refractivity contribution in [2.24, 2.45) is 0 Å². The lowest BCUT2D eigenvalue weighted by Gasteiger charge is -2.42. The number of nitrogens with zero attached hydrogens (tertiary/aromatic N) is 5. The molecule has 3 aromatic rings. The van der Waals surface area contributed by atoms with E-state index >= 15 is 0 Å². The number of amides is 5. The van der Waals surface area contributed by atoms with E-state index in [1.54, 1.807) is 40.3 Å². The maximum Gasteiger partial charge on any atom is 0.331 e. The van der Waals surface area contributed by atoms with Crippen molar-refractivity contribution >= 4 is 40.3 Å². The fourth-order valence-electron chi connectivity index (χ4n) is 4.67. The molecule has 2 fully saturated rings. The zero-order chi connectivity index (χ0) is 26.6. The number of carbonyl (C=O) groups is 4. The van der Waals surface area contributed by atoms with Gasteiger partial charge in [-0.1, -0.05) is 26.3 Å². The Hall–Kier alpha value is -4.28. The lowest BCUT2D eigenvalue weighted by Crippen LogP contribution is -2.58. The number of likely N-dealkylation sites (N-methyl/N-ethyl adjacent to an activating group) is 1. The van der Waals surface area contributed by atoms with Crippen molar-refractivity contribution < 1.29 is 19.2 Å². The minimum Gasteiger partial charge on any atom is -0.342 e. The predicted molar refractivity (Wildman–Crippen MR) is 138 cm³/mol. The summed E-state index contributed by atoms with van der Waals surface area (Å²) in [7, 11) is 1.48. The third-order valence-corrected chi connectivity index (χ3v) is 6.53. The molecule has 2 aliphatic heterocycles. The number of pyridine rings is 1. The van der Waals surface area contributed by atoms with Crippen LogP contribution in [0.4, 0.5) is 10.5 Å². The van der Waals surface area contributed by atoms with Gasteiger partial charge in [-0.3, -0.25) is 34.3 Å². The average molecular weight is 506 g/mol. The molecule has 5 rings (SSSR count). The minimum atomic E-state index is -1.06. The smallest absolute Gasteiger partial charge is 0.331 e. The van der Waals surface area contributed by atoms with Crippen LogP contribution >= 0.6 is 0 Å². The maximum atomic E-state index is 13.2. The topological polar surface area (TPSA) is 132 Å². The Morgan fingerprint density at radius 2 is 1.84 bits per heavy atom. The lowest BCUT2D eigenvalue weighted by molar-refractivity contribution is -0.136. The van der Waals surface area contributed by atoms with Gasteiger partial charge in [0.15, 0.2) is 0 Å². The Kier molecular flexibility index (Phi) is 7.51. The second-order valence-corrected chi connectivity index (χ2v) is 9.14. The van der Waals surface area contributed by atoms with Gasteiger partial charge in [-0.25, -0.2) is 4.79 Å². The molecule has 1 aromatic carbocycles. The first-order valence-corrected chi connectivity index (χ1v) is 12.3. The van der Waals surface area contributed by atoms with E-state index in [4.69, 9.17) is 0 Å². The number of hydrogen-bond acceptors (Lipinski definition) is 6. The highest BCUT2D eigenvalue weighted by molar-refractivity contribution is 6.17. The van der Waals surface area contributed by atoms with Crippen molar-refractivity contribution in [2.45, 2.75) is 38.6 Å². The van der Waals surface area contributed by atoms with Crippen LogP contribution < -0.4 is 10.2 Å². The average Bonchev–Trinajstić information content (AvgIpc) is 3.46. The molecule has 0 saturated carbocycles. The van der Waals surface area contributed by atoms with E-state index < -0.39 is 17.5 Å². The molecule has 0 unspecified atom stereocenters. The van der Waals surface area contributed by atoms with Gasteiger partial charge in [0.25, 0.3) is 11.8 Å². The van der Waals surface area contributed by atoms with E-state index in [1.165, 1.54) is 19.7 Å². The number of anilines is 1. The molecule has 2 aromatic heterocycles. The third-order valence-electron chi connectivity index (χ3n) is 6.53. The third kappa shape index (κ3) is 4.89. The van der Waals surface area contributed by atoms with Crippen molar-refractivity contribution in [1.29, 1.82) is 0 Å². The van der Waals surface area contributed by atoms with Crippen LogP contribution in [0.25, 0.3) is 10.9 Å². The van der Waals surface area contributed by atoms with Crippen molar-refractivity contribution in [3.05, 3.63) is 54.5 Å². The van der Waals surface area contributed by atoms with E-state index in [1.807, 2.05) is 12.1 Å². The van der Waals surface area contributed by atoms with Crippen molar-refractivity contribution in [3.8, 4) is 0 Å². The number of benzene rings is 1. The summed E-state index contributed by atoms with van der Waals surface area (Å²) in [6.45, 7) is 4.65. The van der Waals surface area contributed by atoms with E-state index in [-0.39, 0.29) is 37.1 Å². The van der Waals surface area contributed by atoms with E-state index in [0.29, 0.717) is 18.5 Å². The highest BCUT2D eigenvalue weighted by Gasteiger charge is 2.57. The Morgan fingerprint density at radius 3 is 2.51 bits per heavy atom. The SMILES string of the molecule is CCC.CN1C(=O)N(c2ccc3[nH]ncc3c2)C2(CCN(C(=O)CNC(=O)c3ccccn3)CC2)C1=O. The molecule has 37 heavy (non-hydrogen) atoms. The quantitative estimate of drug-likeness (QED) is 0.524. The second kappa shape index (κ2) is 10.8. The molecule has 11 nitrogen and oxygen atoms in total. The minimum absolute atomic E-state index is 0.171. The first-order valence-electron chi connectivity index (χ1n) is 12.3. The van der Waals surface area contributed by atoms with Gasteiger partial charge in [-0.15, -0.1) is 0 Å². The summed E-state index contributed by atoms with van der Waals surface area (Å²) in [5.74, 6) is -0.961. The van der Waals surface area contributed by atoms with Gasteiger partial charge in [-0.2, -0.15) is 5.10 Å². The summed E-state index contributed by atoms with van der Waals surface area (Å²) >= 11 is 0. The number of piperidine rings is 1. The Bertz CT molecular complexity index is 1300. The highest BCUT2D eigenvalue weighted by Crippen LogP contribution is 2.40. The normalized spacial score (nSPS) is 16.7. The molecule has 5 amide bonds. The van der Waals surface area contributed by atoms with Gasteiger partial charge in [0, 0.05) is 37.4 Å². The molecule has 11 heteroatoms. The fourth-order valence-corrected chi connectivity index (χ4v) is 4.67. The number of imide groups is 1. The molecule has 194 valence electrons. The van der Waals surface area contributed by atoms with Gasteiger partial charge >= 0.3 is 6.03 Å². The maximum absolute atomic E-state index is 13.2. The van der Waals surface area contributed by atoms with Gasteiger partial charge < -0.3 is 10.2 Å². The summed E-state index contributed by atoms with van der Waals surface area (Å²) in [5.41, 5.74) is 0.615. The van der Waals surface area contributed by atoms with Gasteiger partial charge in [0.1, 0.15) is 11.2 Å². The van der Waals surface area contributed by atoms with Crippen LogP contribution in [0.3, 0.4) is 0 Å². The van der Waals surface area contributed by atoms with Gasteiger partial charge in [0.2, 0.25) is 5.91 Å². The Labute approximate surface area is 214 Å². The molecule has 1 spiro atoms. The summed E-state index contributed by atoms with van der Waals surface area (Å²) in [4.78, 5) is 59.5. The van der Waals surface area contributed by atoms with Crippen LogP contribution in [0, 0.1) is 0 Å². The van der Waals surface area contributed by atoms with Crippen molar-refractivity contribution in [2.75, 3.05) is 31.6 Å². The number of fused-ring (bicyclic) bond motifs is 1. The summed E-state index contributed by atoms with van der Waals surface area (Å²) in [6.07, 6.45) is 5.02. The van der Waals surface area contributed by atoms with Gasteiger partial charge in [-0.05, 0) is 43.2 Å². The Morgan fingerprint density at radius 1 is 1.11 bits per heavy atom. The number of aromatic amines is 1. The molecule has 0 bridgehead atoms. The summed E-state index contributed by atoms with van der Waals surface area (Å²) < 4.78 is 0. The standard InChI is InChI=1S/C23H23N7O4.C3H8/c1-28-21(33)23(30(22(28)34)16-5-6-17-15(12-16)13-26-27-17)7-10-29(11-8-23)19(31)14-25-20(32)18-4-2-3-9-24-18;1-3-2/h2-6,9,12-13H,7-8,10-11,14H2,1H3,(H,25,32)(H,26,27);3H2,1-2H3. The van der Waals surface area contributed by atoms with Crippen LogP contribution in [0.2, 0.25) is 0 Å². The van der Waals surface area contributed by atoms with Crippen LogP contribution in [0.5, 0.6) is 0 Å². The molecule has 0 radical (unpaired) electrons. The number of nitrogens with one attached hydrogen (secondary N) is 2. The molecule has 2 saturated heterocycles. The lowest BCUT2D eigenvalue weighted by atomic mass is 9.85. The van der Waals surface area contributed by atoms with E-state index in [0.717, 1.165) is 15.8 Å². The van der Waals surface area contributed by atoms with Crippen molar-refractivity contribution in [3.63, 3.8) is 0 Å². The first-order chi connectivity index (χ1) is 17.8. The van der Waals surface area contributed by atoms with Crippen molar-refractivity contribution in [1.82, 2.24) is 30.3 Å². The number of carbonyl (C=O) groups excluding carboxylic acids is 4. The predicted octanol–water partition coefficient (Wildman–Crippen LogP) is 2.56. The van der Waals surface area contributed by atoms with Crippen LogP contribution in [-0.4, -0.2) is 81.0 Å². The number of hydrogen-bond donors (Lipinski definition) is 2. The second-order valence-electron chi connectivity index (χ2n) is 9.14. The number of urea groups is 1. The molecular weight excluding hydrogens is 474 g/mol. The zero-order valence-corrected chi connectivity index (χ0v) is 21.2. The molecule has 0 aliphatic carbocycles. The van der Waals surface area contributed by atoms with Crippen LogP contribution in [0.15, 0.2) is 48.8 Å². The van der Waals surface area contributed by atoms with Gasteiger partial charge in [0.05, 0.1) is 18.3 Å². The zero-order valence-electron chi connectivity index (χ0n) is 21.2. The molecule has 0 atom stereocenters. The Balaban J connectivity index is 0.00000102. The van der Waals surface area contributed by atoms with Crippen LogP contribution in [-0.2, 0) is 9.59 Å². The largest absolute Gasteiger partial charge is 0.342 e. The fraction of sp³-hybridized carbons (Fsp3) is 0.385. The first kappa shape index (κ1) is 25.8. The molecular formula is C26H31N7O4.